The summed E-state index contributed by atoms with van der Waals surface area (Å²) >= 11 is 0. The number of phenolic OH excluding ortho intramolecular Hbond substituents is 1. The number of nitrogens with zero attached hydrogens (tertiary/aromatic N) is 1. The molecule has 1 aliphatic carbocycles. The van der Waals surface area contributed by atoms with Gasteiger partial charge in [0.1, 0.15) is 11.8 Å². The highest BCUT2D eigenvalue weighted by molar-refractivity contribution is 5.81. The summed E-state index contributed by atoms with van der Waals surface area (Å²) in [5.41, 5.74) is 0.486. The van der Waals surface area contributed by atoms with Crippen molar-refractivity contribution in [2.45, 2.75) is 37.8 Å². The van der Waals surface area contributed by atoms with Gasteiger partial charge in [0.05, 0.1) is 12.0 Å². The number of aromatic hydroxyl groups is 1. The van der Waals surface area contributed by atoms with E-state index in [1.54, 1.807) is 12.1 Å². The average Bonchev–Trinajstić information content (AvgIpc) is 2.52. The molecule has 23 heavy (non-hydrogen) atoms. The Balaban J connectivity index is 2.09. The Morgan fingerprint density at radius 1 is 1.30 bits per heavy atom. The summed E-state index contributed by atoms with van der Waals surface area (Å²) in [6, 6.07) is 6.80. The normalized spacial score (nSPS) is 21.7. The molecular formula is C16H19N3O4. The van der Waals surface area contributed by atoms with E-state index in [0.717, 1.165) is 12.8 Å². The summed E-state index contributed by atoms with van der Waals surface area (Å²) in [6.07, 6.45) is 1.74. The zero-order valence-electron chi connectivity index (χ0n) is 12.5. The van der Waals surface area contributed by atoms with Gasteiger partial charge >= 0.3 is 6.09 Å². The van der Waals surface area contributed by atoms with Crippen molar-refractivity contribution in [3.05, 3.63) is 29.8 Å². The Morgan fingerprint density at radius 3 is 2.70 bits per heavy atom. The molecule has 1 aromatic carbocycles. The number of rotatable bonds is 4. The molecule has 2 amide bonds. The molecule has 0 radical (unpaired) electrons. The molecule has 0 spiro atoms. The average molecular weight is 317 g/mol. The van der Waals surface area contributed by atoms with Crippen LogP contribution >= 0.6 is 0 Å². The van der Waals surface area contributed by atoms with E-state index in [1.807, 2.05) is 6.07 Å². The first-order valence-corrected chi connectivity index (χ1v) is 7.49. The van der Waals surface area contributed by atoms with Gasteiger partial charge in [-0.3, -0.25) is 4.79 Å². The van der Waals surface area contributed by atoms with Crippen LogP contribution in [0.1, 0.15) is 37.3 Å². The third kappa shape index (κ3) is 4.36. The topological polar surface area (TPSA) is 122 Å². The monoisotopic (exact) mass is 317 g/mol. The molecule has 2 rings (SSSR count). The van der Waals surface area contributed by atoms with Gasteiger partial charge in [-0.1, -0.05) is 25.0 Å². The van der Waals surface area contributed by atoms with E-state index in [9.17, 15) is 20.0 Å². The SMILES string of the molecule is N#CC(NC(=O)C1CCCCC1NC(=O)O)c1cccc(O)c1. The lowest BCUT2D eigenvalue weighted by atomic mass is 9.83. The van der Waals surface area contributed by atoms with E-state index in [1.165, 1.54) is 12.1 Å². The Bertz CT molecular complexity index is 626. The first-order valence-electron chi connectivity index (χ1n) is 7.49. The molecule has 0 saturated heterocycles. The number of hydrogen-bond donors (Lipinski definition) is 4. The second kappa shape index (κ2) is 7.49. The molecule has 122 valence electrons. The standard InChI is InChI=1S/C16H19N3O4/c17-9-14(10-4-3-5-11(20)8-10)18-15(21)12-6-1-2-7-13(12)19-16(22)23/h3-5,8,12-14,19-20H,1-2,6-7H2,(H,18,21)(H,22,23). The lowest BCUT2D eigenvalue weighted by Gasteiger charge is -2.30. The summed E-state index contributed by atoms with van der Waals surface area (Å²) in [5.74, 6) is -0.827. The number of hydrogen-bond acceptors (Lipinski definition) is 4. The predicted molar refractivity (Wildman–Crippen MR) is 81.5 cm³/mol. The predicted octanol–water partition coefficient (Wildman–Crippen LogP) is 1.90. The van der Waals surface area contributed by atoms with Crippen molar-refractivity contribution in [2.24, 2.45) is 5.92 Å². The van der Waals surface area contributed by atoms with Gasteiger partial charge in [-0.25, -0.2) is 4.79 Å². The third-order valence-electron chi connectivity index (χ3n) is 4.03. The molecule has 1 saturated carbocycles. The van der Waals surface area contributed by atoms with Gasteiger partial charge in [-0.15, -0.1) is 0 Å². The maximum absolute atomic E-state index is 12.5. The molecule has 4 N–H and O–H groups in total. The van der Waals surface area contributed by atoms with Crippen molar-refractivity contribution in [2.75, 3.05) is 0 Å². The highest BCUT2D eigenvalue weighted by atomic mass is 16.4. The van der Waals surface area contributed by atoms with Crippen LogP contribution in [0, 0.1) is 17.2 Å². The molecule has 1 aromatic rings. The second-order valence-electron chi connectivity index (χ2n) is 5.61. The van der Waals surface area contributed by atoms with Crippen LogP contribution in [0.15, 0.2) is 24.3 Å². The first-order chi connectivity index (χ1) is 11.0. The molecule has 0 aromatic heterocycles. The van der Waals surface area contributed by atoms with Crippen molar-refractivity contribution < 1.29 is 19.8 Å². The van der Waals surface area contributed by atoms with Crippen LogP contribution in [0.2, 0.25) is 0 Å². The van der Waals surface area contributed by atoms with Crippen LogP contribution in [-0.4, -0.2) is 28.3 Å². The minimum atomic E-state index is -1.15. The van der Waals surface area contributed by atoms with Crippen LogP contribution in [0.5, 0.6) is 5.75 Å². The zero-order valence-corrected chi connectivity index (χ0v) is 12.5. The molecule has 0 bridgehead atoms. The van der Waals surface area contributed by atoms with Crippen LogP contribution < -0.4 is 10.6 Å². The van der Waals surface area contributed by atoms with Gasteiger partial charge in [-0.05, 0) is 30.5 Å². The molecule has 1 aliphatic rings. The van der Waals surface area contributed by atoms with E-state index in [0.29, 0.717) is 18.4 Å². The van der Waals surface area contributed by atoms with E-state index < -0.39 is 24.1 Å². The van der Waals surface area contributed by atoms with Crippen LogP contribution in [-0.2, 0) is 4.79 Å². The van der Waals surface area contributed by atoms with Crippen LogP contribution in [0.4, 0.5) is 4.79 Å². The number of carboxylic acid groups (broad SMARTS) is 1. The Labute approximate surface area is 133 Å². The molecule has 7 nitrogen and oxygen atoms in total. The summed E-state index contributed by atoms with van der Waals surface area (Å²) in [6.45, 7) is 0. The van der Waals surface area contributed by atoms with E-state index >= 15 is 0 Å². The molecule has 1 fully saturated rings. The first kappa shape index (κ1) is 16.6. The minimum absolute atomic E-state index is 0.0140. The van der Waals surface area contributed by atoms with Gasteiger partial charge in [0.25, 0.3) is 0 Å². The summed E-state index contributed by atoms with van der Waals surface area (Å²) < 4.78 is 0. The van der Waals surface area contributed by atoms with Gasteiger partial charge in [0.2, 0.25) is 5.91 Å². The summed E-state index contributed by atoms with van der Waals surface area (Å²) in [7, 11) is 0. The van der Waals surface area contributed by atoms with E-state index in [2.05, 4.69) is 10.6 Å². The van der Waals surface area contributed by atoms with Gasteiger partial charge < -0.3 is 20.8 Å². The largest absolute Gasteiger partial charge is 0.508 e. The fourth-order valence-corrected chi connectivity index (χ4v) is 2.92. The maximum atomic E-state index is 12.5. The zero-order chi connectivity index (χ0) is 16.8. The lowest BCUT2D eigenvalue weighted by Crippen LogP contribution is -2.48. The number of amides is 2. The van der Waals surface area contributed by atoms with Crippen molar-refractivity contribution in [1.82, 2.24) is 10.6 Å². The Morgan fingerprint density at radius 2 is 2.04 bits per heavy atom. The van der Waals surface area contributed by atoms with E-state index in [-0.39, 0.29) is 11.7 Å². The number of carbonyl (C=O) groups excluding carboxylic acids is 1. The quantitative estimate of drug-likeness (QED) is 0.675. The number of nitriles is 1. The highest BCUT2D eigenvalue weighted by Crippen LogP contribution is 2.26. The number of nitrogens with one attached hydrogen (secondary N) is 2. The van der Waals surface area contributed by atoms with Crippen LogP contribution in [0.3, 0.4) is 0 Å². The van der Waals surface area contributed by atoms with Crippen molar-refractivity contribution in [3.8, 4) is 11.8 Å². The van der Waals surface area contributed by atoms with Crippen molar-refractivity contribution in [3.63, 3.8) is 0 Å². The van der Waals surface area contributed by atoms with Crippen LogP contribution in [0.25, 0.3) is 0 Å². The molecule has 7 heteroatoms. The maximum Gasteiger partial charge on any atom is 0.404 e. The molecule has 0 heterocycles. The highest BCUT2D eigenvalue weighted by Gasteiger charge is 2.33. The van der Waals surface area contributed by atoms with Crippen molar-refractivity contribution >= 4 is 12.0 Å². The van der Waals surface area contributed by atoms with E-state index in [4.69, 9.17) is 5.11 Å². The Hall–Kier alpha value is -2.75. The smallest absolute Gasteiger partial charge is 0.404 e. The summed E-state index contributed by atoms with van der Waals surface area (Å²) in [5, 5.41) is 32.7. The fourth-order valence-electron chi connectivity index (χ4n) is 2.92. The molecule has 3 atom stereocenters. The molecule has 3 unspecified atom stereocenters. The lowest BCUT2D eigenvalue weighted by molar-refractivity contribution is -0.127. The Kier molecular flexibility index (Phi) is 5.41. The third-order valence-corrected chi connectivity index (χ3v) is 4.03. The minimum Gasteiger partial charge on any atom is -0.508 e. The number of phenols is 1. The fraction of sp³-hybridized carbons (Fsp3) is 0.438. The van der Waals surface area contributed by atoms with Gasteiger partial charge in [0, 0.05) is 6.04 Å². The molecular weight excluding hydrogens is 298 g/mol. The number of benzene rings is 1. The van der Waals surface area contributed by atoms with Crippen molar-refractivity contribution in [1.29, 1.82) is 5.26 Å². The second-order valence-corrected chi connectivity index (χ2v) is 5.61. The molecule has 0 aliphatic heterocycles. The summed E-state index contributed by atoms with van der Waals surface area (Å²) in [4.78, 5) is 23.3. The van der Waals surface area contributed by atoms with Gasteiger partial charge in [0.15, 0.2) is 0 Å². The van der Waals surface area contributed by atoms with Gasteiger partial charge in [-0.2, -0.15) is 5.26 Å². The number of carbonyl (C=O) groups is 2.